The lowest BCUT2D eigenvalue weighted by Gasteiger charge is -2.24. The number of hydrogen-bond acceptors (Lipinski definition) is 3. The van der Waals surface area contributed by atoms with Crippen LogP contribution in [0.15, 0.2) is 59.5 Å². The number of benzene rings is 2. The Morgan fingerprint density at radius 3 is 2.48 bits per heavy atom. The molecule has 1 atom stereocenters. The van der Waals surface area contributed by atoms with Crippen molar-refractivity contribution in [3.63, 3.8) is 0 Å². The summed E-state index contributed by atoms with van der Waals surface area (Å²) in [6.45, 7) is 0.602. The number of nitrogens with one attached hydrogen (secondary N) is 1. The third-order valence-electron chi connectivity index (χ3n) is 4.00. The van der Waals surface area contributed by atoms with Gasteiger partial charge in [0.2, 0.25) is 5.91 Å². The van der Waals surface area contributed by atoms with Crippen molar-refractivity contribution in [3.8, 4) is 0 Å². The third kappa shape index (κ3) is 6.88. The van der Waals surface area contributed by atoms with E-state index in [1.54, 1.807) is 18.2 Å². The number of halogens is 1. The van der Waals surface area contributed by atoms with E-state index < -0.39 is 0 Å². The van der Waals surface area contributed by atoms with Crippen molar-refractivity contribution in [3.05, 3.63) is 66.0 Å². The molecule has 1 amide bonds. The van der Waals surface area contributed by atoms with Gasteiger partial charge in [-0.1, -0.05) is 42.5 Å². The van der Waals surface area contributed by atoms with E-state index in [1.807, 2.05) is 32.3 Å². The number of likely N-dealkylation sites (N-methyl/N-ethyl adjacent to an activating group) is 1. The van der Waals surface area contributed by atoms with Crippen molar-refractivity contribution in [1.29, 1.82) is 0 Å². The molecule has 3 nitrogen and oxygen atoms in total. The minimum atomic E-state index is -0.233. The molecule has 0 saturated heterocycles. The van der Waals surface area contributed by atoms with Crippen molar-refractivity contribution >= 4 is 17.7 Å². The average Bonchev–Trinajstić information content (AvgIpc) is 2.61. The lowest BCUT2D eigenvalue weighted by Crippen LogP contribution is -2.41. The van der Waals surface area contributed by atoms with E-state index in [-0.39, 0.29) is 17.8 Å². The lowest BCUT2D eigenvalue weighted by molar-refractivity contribution is -0.120. The largest absolute Gasteiger partial charge is 0.354 e. The van der Waals surface area contributed by atoms with E-state index in [4.69, 9.17) is 0 Å². The van der Waals surface area contributed by atoms with Crippen molar-refractivity contribution in [1.82, 2.24) is 10.2 Å². The fourth-order valence-corrected chi connectivity index (χ4v) is 3.35. The minimum Gasteiger partial charge on any atom is -0.354 e. The Kier molecular flexibility index (Phi) is 7.95. The van der Waals surface area contributed by atoms with Gasteiger partial charge < -0.3 is 10.2 Å². The van der Waals surface area contributed by atoms with E-state index in [9.17, 15) is 9.18 Å². The van der Waals surface area contributed by atoms with Crippen molar-refractivity contribution in [2.75, 3.05) is 26.4 Å². The zero-order valence-corrected chi connectivity index (χ0v) is 15.6. The van der Waals surface area contributed by atoms with Crippen LogP contribution in [0.25, 0.3) is 0 Å². The van der Waals surface area contributed by atoms with Crippen LogP contribution in [-0.2, 0) is 11.2 Å². The highest BCUT2D eigenvalue weighted by atomic mass is 32.2. The molecule has 134 valence electrons. The second-order valence-corrected chi connectivity index (χ2v) is 7.28. The molecule has 25 heavy (non-hydrogen) atoms. The molecule has 1 unspecified atom stereocenters. The van der Waals surface area contributed by atoms with Crippen LogP contribution in [0, 0.1) is 5.82 Å². The number of rotatable bonds is 9. The summed E-state index contributed by atoms with van der Waals surface area (Å²) < 4.78 is 13.5. The van der Waals surface area contributed by atoms with Crippen LogP contribution in [0.4, 0.5) is 4.39 Å². The first-order chi connectivity index (χ1) is 12.1. The summed E-state index contributed by atoms with van der Waals surface area (Å²) in [5.41, 5.74) is 1.26. The highest BCUT2D eigenvalue weighted by molar-refractivity contribution is 7.99. The number of amides is 1. The van der Waals surface area contributed by atoms with Gasteiger partial charge in [0, 0.05) is 29.7 Å². The van der Waals surface area contributed by atoms with Gasteiger partial charge in [0.15, 0.2) is 0 Å². The highest BCUT2D eigenvalue weighted by Crippen LogP contribution is 2.21. The molecule has 0 fully saturated rings. The van der Waals surface area contributed by atoms with Gasteiger partial charge in [-0.2, -0.15) is 0 Å². The molecular weight excluding hydrogens is 335 g/mol. The molecule has 0 heterocycles. The number of nitrogens with zero attached hydrogens (tertiary/aromatic N) is 1. The van der Waals surface area contributed by atoms with Crippen LogP contribution in [0.3, 0.4) is 0 Å². The number of carbonyl (C=O) groups excluding carboxylic acids is 1. The van der Waals surface area contributed by atoms with Gasteiger partial charge in [-0.15, -0.1) is 11.8 Å². The zero-order chi connectivity index (χ0) is 18.1. The van der Waals surface area contributed by atoms with Gasteiger partial charge in [-0.05, 0) is 38.2 Å². The molecule has 2 aromatic rings. The van der Waals surface area contributed by atoms with Crippen molar-refractivity contribution < 1.29 is 9.18 Å². The summed E-state index contributed by atoms with van der Waals surface area (Å²) >= 11 is 1.37. The monoisotopic (exact) mass is 360 g/mol. The van der Waals surface area contributed by atoms with E-state index in [1.165, 1.54) is 23.4 Å². The zero-order valence-electron chi connectivity index (χ0n) is 14.7. The predicted octanol–water partition coefficient (Wildman–Crippen LogP) is 3.60. The Morgan fingerprint density at radius 1 is 1.12 bits per heavy atom. The Bertz CT molecular complexity index is 664. The summed E-state index contributed by atoms with van der Waals surface area (Å²) in [5, 5.41) is 3.00. The third-order valence-corrected chi connectivity index (χ3v) is 5.05. The Morgan fingerprint density at radius 2 is 1.80 bits per heavy atom. The molecule has 2 rings (SSSR count). The summed E-state index contributed by atoms with van der Waals surface area (Å²) in [7, 11) is 4.04. The molecule has 2 aromatic carbocycles. The fourth-order valence-electron chi connectivity index (χ4n) is 2.46. The molecule has 0 radical (unpaired) electrons. The standard InChI is InChI=1S/C20H25FN2OS/c1-23(2)17(14-16-8-4-3-5-9-16)15-22-20(24)12-13-25-19-11-7-6-10-18(19)21/h3-11,17H,12-15H2,1-2H3,(H,22,24). The SMILES string of the molecule is CN(C)C(CNC(=O)CCSc1ccccc1F)Cc1ccccc1. The second kappa shape index (κ2) is 10.2. The van der Waals surface area contributed by atoms with Gasteiger partial charge in [-0.25, -0.2) is 4.39 Å². The summed E-state index contributed by atoms with van der Waals surface area (Å²) in [5.74, 6) is 0.338. The second-order valence-electron chi connectivity index (χ2n) is 6.14. The molecule has 0 spiro atoms. The molecule has 1 N–H and O–H groups in total. The Balaban J connectivity index is 1.74. The molecule has 5 heteroatoms. The Hall–Kier alpha value is -1.85. The van der Waals surface area contributed by atoms with Crippen LogP contribution in [0.2, 0.25) is 0 Å². The summed E-state index contributed by atoms with van der Waals surface area (Å²) in [6.07, 6.45) is 1.27. The van der Waals surface area contributed by atoms with Crippen LogP contribution in [0.5, 0.6) is 0 Å². The normalized spacial score (nSPS) is 12.2. The van der Waals surface area contributed by atoms with Crippen LogP contribution in [0.1, 0.15) is 12.0 Å². The van der Waals surface area contributed by atoms with Crippen molar-refractivity contribution in [2.24, 2.45) is 0 Å². The van der Waals surface area contributed by atoms with Gasteiger partial charge >= 0.3 is 0 Å². The molecule has 0 saturated carbocycles. The first-order valence-corrected chi connectivity index (χ1v) is 9.39. The molecule has 0 aromatic heterocycles. The molecule has 0 aliphatic carbocycles. The quantitative estimate of drug-likeness (QED) is 0.694. The van der Waals surface area contributed by atoms with E-state index >= 15 is 0 Å². The molecule has 0 aliphatic rings. The molecule has 0 aliphatic heterocycles. The molecule has 0 bridgehead atoms. The first kappa shape index (κ1) is 19.5. The van der Waals surface area contributed by atoms with Gasteiger partial charge in [0.1, 0.15) is 5.82 Å². The van der Waals surface area contributed by atoms with Gasteiger partial charge in [0.05, 0.1) is 0 Å². The maximum Gasteiger partial charge on any atom is 0.220 e. The lowest BCUT2D eigenvalue weighted by atomic mass is 10.1. The smallest absolute Gasteiger partial charge is 0.220 e. The van der Waals surface area contributed by atoms with Crippen LogP contribution < -0.4 is 5.32 Å². The van der Waals surface area contributed by atoms with Gasteiger partial charge in [0.25, 0.3) is 0 Å². The topological polar surface area (TPSA) is 32.3 Å². The number of thioether (sulfide) groups is 1. The summed E-state index contributed by atoms with van der Waals surface area (Å²) in [6, 6.07) is 17.1. The van der Waals surface area contributed by atoms with E-state index in [2.05, 4.69) is 22.3 Å². The average molecular weight is 360 g/mol. The highest BCUT2D eigenvalue weighted by Gasteiger charge is 2.13. The Labute approximate surface area is 153 Å². The summed E-state index contributed by atoms with van der Waals surface area (Å²) in [4.78, 5) is 14.8. The number of hydrogen-bond donors (Lipinski definition) is 1. The maximum absolute atomic E-state index is 13.5. The number of carbonyl (C=O) groups is 1. The van der Waals surface area contributed by atoms with Crippen LogP contribution in [-0.4, -0.2) is 43.2 Å². The van der Waals surface area contributed by atoms with Crippen molar-refractivity contribution in [2.45, 2.75) is 23.8 Å². The van der Waals surface area contributed by atoms with E-state index in [0.717, 1.165) is 6.42 Å². The molecular formula is C20H25FN2OS. The van der Waals surface area contributed by atoms with Crippen LogP contribution >= 0.6 is 11.8 Å². The maximum atomic E-state index is 13.5. The predicted molar refractivity (Wildman–Crippen MR) is 102 cm³/mol. The van der Waals surface area contributed by atoms with E-state index in [0.29, 0.717) is 23.6 Å². The fraction of sp³-hybridized carbons (Fsp3) is 0.350. The minimum absolute atomic E-state index is 0.00347. The first-order valence-electron chi connectivity index (χ1n) is 8.40. The van der Waals surface area contributed by atoms with Gasteiger partial charge in [-0.3, -0.25) is 4.79 Å².